The van der Waals surface area contributed by atoms with Crippen LogP contribution >= 0.6 is 0 Å². The molecule has 2 heterocycles. The Morgan fingerprint density at radius 2 is 2.03 bits per heavy atom. The number of likely N-dealkylation sites (N-methyl/N-ethyl adjacent to an activating group) is 1. The van der Waals surface area contributed by atoms with E-state index < -0.39 is 0 Å². The maximum atomic E-state index is 14.5. The maximum absolute atomic E-state index is 14.5. The van der Waals surface area contributed by atoms with Crippen LogP contribution in [-0.2, 0) is 11.2 Å². The fraction of sp³-hybridized carbons (Fsp3) is 0.360. The monoisotopic (exact) mass is 436 g/mol. The number of para-hydroxylation sites is 1. The second-order valence-corrected chi connectivity index (χ2v) is 8.44. The van der Waals surface area contributed by atoms with Crippen molar-refractivity contribution in [1.29, 1.82) is 0 Å². The molecular formula is C25H29FN4O2. The Morgan fingerprint density at radius 3 is 2.81 bits per heavy atom. The quantitative estimate of drug-likeness (QED) is 0.630. The minimum absolute atomic E-state index is 0.0204. The summed E-state index contributed by atoms with van der Waals surface area (Å²) in [6.45, 7) is 3.34. The standard InChI is InChI=1S/C25H29FN4O2/c1-17(31)30-13-5-7-20(16-30)29(2)25(32)27-12-11-18-9-10-22(26)21(14-18)24-15-19-6-3-4-8-23(19)28-24/h3-4,6,8-10,14-15,20,28H,5,7,11-13,16H2,1-2H3,(H,27,32)/t20-/m1/s1. The van der Waals surface area contributed by atoms with Gasteiger partial charge in [0.05, 0.1) is 6.04 Å². The van der Waals surface area contributed by atoms with Crippen molar-refractivity contribution in [3.63, 3.8) is 0 Å². The lowest BCUT2D eigenvalue weighted by atomic mass is 10.0. The Hall–Kier alpha value is -3.35. The molecule has 0 spiro atoms. The van der Waals surface area contributed by atoms with Crippen LogP contribution in [0.4, 0.5) is 9.18 Å². The summed E-state index contributed by atoms with van der Waals surface area (Å²) in [5.74, 6) is -0.234. The van der Waals surface area contributed by atoms with Crippen molar-refractivity contribution < 1.29 is 14.0 Å². The van der Waals surface area contributed by atoms with Crippen molar-refractivity contribution in [2.45, 2.75) is 32.2 Å². The summed E-state index contributed by atoms with van der Waals surface area (Å²) in [4.78, 5) is 31.0. The summed E-state index contributed by atoms with van der Waals surface area (Å²) in [6.07, 6.45) is 2.38. The zero-order valence-corrected chi connectivity index (χ0v) is 18.5. The van der Waals surface area contributed by atoms with E-state index in [2.05, 4.69) is 10.3 Å². The third kappa shape index (κ3) is 4.77. The van der Waals surface area contributed by atoms with Gasteiger partial charge in [0.2, 0.25) is 5.91 Å². The SMILES string of the molecule is CC(=O)N1CCC[C@@H](N(C)C(=O)NCCc2ccc(F)c(-c3cc4ccccc4[nH]3)c2)C1. The first kappa shape index (κ1) is 21.9. The summed E-state index contributed by atoms with van der Waals surface area (Å²) >= 11 is 0. The Labute approximate surface area is 187 Å². The lowest BCUT2D eigenvalue weighted by Gasteiger charge is -2.37. The number of rotatable bonds is 5. The first-order valence-electron chi connectivity index (χ1n) is 11.0. The van der Waals surface area contributed by atoms with Gasteiger partial charge in [-0.15, -0.1) is 0 Å². The number of fused-ring (bicyclic) bond motifs is 1. The number of hydrogen-bond acceptors (Lipinski definition) is 2. The number of halogens is 1. The van der Waals surface area contributed by atoms with Crippen LogP contribution in [-0.4, -0.2) is 59.4 Å². The number of nitrogens with one attached hydrogen (secondary N) is 2. The van der Waals surface area contributed by atoms with Crippen LogP contribution in [0.5, 0.6) is 0 Å². The molecule has 0 unspecified atom stereocenters. The largest absolute Gasteiger partial charge is 0.354 e. The van der Waals surface area contributed by atoms with E-state index in [0.29, 0.717) is 25.1 Å². The number of carbonyl (C=O) groups excluding carboxylic acids is 2. The van der Waals surface area contributed by atoms with Crippen molar-refractivity contribution in [2.24, 2.45) is 0 Å². The van der Waals surface area contributed by atoms with Crippen LogP contribution in [0.25, 0.3) is 22.2 Å². The van der Waals surface area contributed by atoms with Gasteiger partial charge in [-0.25, -0.2) is 9.18 Å². The smallest absolute Gasteiger partial charge is 0.317 e. The van der Waals surface area contributed by atoms with Gasteiger partial charge in [-0.2, -0.15) is 0 Å². The highest BCUT2D eigenvalue weighted by Crippen LogP contribution is 2.27. The molecule has 0 saturated carbocycles. The van der Waals surface area contributed by atoms with E-state index >= 15 is 0 Å². The van der Waals surface area contributed by atoms with E-state index in [1.54, 1.807) is 29.8 Å². The number of aromatic nitrogens is 1. The van der Waals surface area contributed by atoms with Crippen LogP contribution in [0.2, 0.25) is 0 Å². The molecule has 2 aromatic carbocycles. The number of urea groups is 1. The van der Waals surface area contributed by atoms with Crippen molar-refractivity contribution in [3.8, 4) is 11.3 Å². The zero-order valence-electron chi connectivity index (χ0n) is 18.5. The van der Waals surface area contributed by atoms with Gasteiger partial charge >= 0.3 is 6.03 Å². The molecule has 0 radical (unpaired) electrons. The number of piperidine rings is 1. The van der Waals surface area contributed by atoms with E-state index in [1.807, 2.05) is 36.4 Å². The van der Waals surface area contributed by atoms with Gasteiger partial charge < -0.3 is 20.1 Å². The van der Waals surface area contributed by atoms with Gasteiger partial charge in [-0.3, -0.25) is 4.79 Å². The number of aromatic amines is 1. The Bertz CT molecular complexity index is 1090. The average Bonchev–Trinajstić information content (AvgIpc) is 3.23. The van der Waals surface area contributed by atoms with Gasteiger partial charge in [-0.05, 0) is 49.1 Å². The molecule has 2 N–H and O–H groups in total. The summed E-state index contributed by atoms with van der Waals surface area (Å²) in [7, 11) is 1.77. The molecule has 7 heteroatoms. The molecular weight excluding hydrogens is 407 g/mol. The summed E-state index contributed by atoms with van der Waals surface area (Å²) in [5.41, 5.74) is 3.17. The molecule has 32 heavy (non-hydrogen) atoms. The van der Waals surface area contributed by atoms with Gasteiger partial charge in [0.1, 0.15) is 5.82 Å². The first-order valence-corrected chi connectivity index (χ1v) is 11.0. The molecule has 168 valence electrons. The minimum atomic E-state index is -0.281. The predicted molar refractivity (Wildman–Crippen MR) is 124 cm³/mol. The van der Waals surface area contributed by atoms with Crippen LogP contribution in [0.1, 0.15) is 25.3 Å². The molecule has 1 atom stereocenters. The second-order valence-electron chi connectivity index (χ2n) is 8.44. The molecule has 0 aliphatic carbocycles. The number of H-pyrrole nitrogens is 1. The van der Waals surface area contributed by atoms with E-state index in [-0.39, 0.29) is 23.8 Å². The molecule has 1 saturated heterocycles. The number of hydrogen-bond donors (Lipinski definition) is 2. The fourth-order valence-corrected chi connectivity index (χ4v) is 4.31. The van der Waals surface area contributed by atoms with Crippen LogP contribution in [0, 0.1) is 5.82 Å². The molecule has 1 aromatic heterocycles. The number of amides is 3. The van der Waals surface area contributed by atoms with Gasteiger partial charge in [0.25, 0.3) is 0 Å². The summed E-state index contributed by atoms with van der Waals surface area (Å²) in [6, 6.07) is 14.7. The molecule has 1 aliphatic heterocycles. The number of nitrogens with zero attached hydrogens (tertiary/aromatic N) is 2. The summed E-state index contributed by atoms with van der Waals surface area (Å²) < 4.78 is 14.5. The highest BCUT2D eigenvalue weighted by molar-refractivity contribution is 5.86. The first-order chi connectivity index (χ1) is 15.4. The van der Waals surface area contributed by atoms with Crippen LogP contribution in [0.3, 0.4) is 0 Å². The predicted octanol–water partition coefficient (Wildman–Crippen LogP) is 4.17. The highest BCUT2D eigenvalue weighted by Gasteiger charge is 2.27. The molecule has 3 aromatic rings. The number of carbonyl (C=O) groups is 2. The Kier molecular flexibility index (Phi) is 6.44. The third-order valence-corrected chi connectivity index (χ3v) is 6.25. The molecule has 1 aliphatic rings. The molecule has 1 fully saturated rings. The lowest BCUT2D eigenvalue weighted by Crippen LogP contribution is -2.52. The van der Waals surface area contributed by atoms with Gasteiger partial charge in [0, 0.05) is 55.8 Å². The Balaban J connectivity index is 1.36. The van der Waals surface area contributed by atoms with Crippen LogP contribution in [0.15, 0.2) is 48.5 Å². The molecule has 0 bridgehead atoms. The van der Waals surface area contributed by atoms with Gasteiger partial charge in [0.15, 0.2) is 0 Å². The van der Waals surface area contributed by atoms with E-state index in [1.165, 1.54) is 6.07 Å². The van der Waals surface area contributed by atoms with Crippen molar-refractivity contribution >= 4 is 22.8 Å². The van der Waals surface area contributed by atoms with E-state index in [9.17, 15) is 14.0 Å². The molecule has 4 rings (SSSR count). The van der Waals surface area contributed by atoms with E-state index in [0.717, 1.165) is 41.5 Å². The fourth-order valence-electron chi connectivity index (χ4n) is 4.31. The number of benzene rings is 2. The van der Waals surface area contributed by atoms with Crippen molar-refractivity contribution in [1.82, 2.24) is 20.1 Å². The second kappa shape index (κ2) is 9.42. The molecule has 3 amide bonds. The van der Waals surface area contributed by atoms with Crippen molar-refractivity contribution in [2.75, 3.05) is 26.7 Å². The van der Waals surface area contributed by atoms with Crippen molar-refractivity contribution in [3.05, 3.63) is 59.9 Å². The number of likely N-dealkylation sites (tertiary alicyclic amines) is 1. The normalized spacial score (nSPS) is 16.2. The maximum Gasteiger partial charge on any atom is 0.317 e. The Morgan fingerprint density at radius 1 is 1.22 bits per heavy atom. The third-order valence-electron chi connectivity index (χ3n) is 6.25. The van der Waals surface area contributed by atoms with Crippen LogP contribution < -0.4 is 5.32 Å². The lowest BCUT2D eigenvalue weighted by molar-refractivity contribution is -0.130. The topological polar surface area (TPSA) is 68.4 Å². The minimum Gasteiger partial charge on any atom is -0.354 e. The van der Waals surface area contributed by atoms with Gasteiger partial charge in [-0.1, -0.05) is 24.3 Å². The average molecular weight is 437 g/mol. The highest BCUT2D eigenvalue weighted by atomic mass is 19.1. The molecule has 6 nitrogen and oxygen atoms in total. The zero-order chi connectivity index (χ0) is 22.7. The van der Waals surface area contributed by atoms with E-state index in [4.69, 9.17) is 0 Å². The summed E-state index contributed by atoms with van der Waals surface area (Å²) in [5, 5.41) is 3.99.